The number of hydrogen-bond acceptors (Lipinski definition) is 9. The van der Waals surface area contributed by atoms with Crippen molar-refractivity contribution in [2.24, 2.45) is 29.4 Å². The number of fused-ring (bicyclic) bond motifs is 3. The maximum absolute atomic E-state index is 14.2. The summed E-state index contributed by atoms with van der Waals surface area (Å²) in [5.41, 5.74) is 3.70. The van der Waals surface area contributed by atoms with E-state index in [0.29, 0.717) is 11.1 Å². The summed E-state index contributed by atoms with van der Waals surface area (Å²) >= 11 is 0. The van der Waals surface area contributed by atoms with Crippen LogP contribution in [0.4, 0.5) is 0 Å². The van der Waals surface area contributed by atoms with Gasteiger partial charge in [0, 0.05) is 18.8 Å². The number of ether oxygens (including phenoxy) is 1. The zero-order valence-electron chi connectivity index (χ0n) is 23.5. The number of rotatable bonds is 4. The van der Waals surface area contributed by atoms with Crippen molar-refractivity contribution in [3.05, 3.63) is 28.8 Å². The first kappa shape index (κ1) is 28.9. The Balaban J connectivity index is 1.99. The lowest BCUT2D eigenvalue weighted by Crippen LogP contribution is -2.74. The van der Waals surface area contributed by atoms with Crippen LogP contribution in [0.1, 0.15) is 74.9 Å². The summed E-state index contributed by atoms with van der Waals surface area (Å²) in [6.07, 6.45) is -1.82. The van der Waals surface area contributed by atoms with Gasteiger partial charge in [-0.05, 0) is 36.6 Å². The molecular weight excluding hydrogens is 504 g/mol. The van der Waals surface area contributed by atoms with Gasteiger partial charge in [0.05, 0.1) is 23.4 Å². The molecule has 0 aliphatic heterocycles. The number of esters is 1. The first-order chi connectivity index (χ1) is 18.0. The van der Waals surface area contributed by atoms with Crippen molar-refractivity contribution in [3.8, 4) is 5.75 Å². The van der Waals surface area contributed by atoms with Crippen LogP contribution < -0.4 is 5.73 Å². The lowest BCUT2D eigenvalue weighted by molar-refractivity contribution is -0.207. The standard InChI is InChI=1S/C29H38N2O8/c1-8-16(32)39-25-17-12(2)13-9-10-15(28(3,4)5)23(34)18(13)24(35)19(17)26(36)29(38)11-14(27(30)37)22(33)21(20(25)29)31(6)7/h9-10,12,14,17,19-21,25,34,38H,8,11H2,1-7H3,(H2,30,37). The molecule has 3 aliphatic rings. The van der Waals surface area contributed by atoms with Gasteiger partial charge in [-0.15, -0.1) is 0 Å². The van der Waals surface area contributed by atoms with Gasteiger partial charge in [0.25, 0.3) is 0 Å². The van der Waals surface area contributed by atoms with Crippen LogP contribution in [0.15, 0.2) is 12.1 Å². The minimum Gasteiger partial charge on any atom is -0.507 e. The SMILES string of the molecule is CCC(=O)OC1C2C(C(=O)c3c(ccc(C(C)(C)C)c3O)C2C)C(=O)C2(O)CC(C(N)=O)C(=O)C(N(C)C)C12. The summed E-state index contributed by atoms with van der Waals surface area (Å²) in [4.78, 5) is 68.3. The molecule has 0 bridgehead atoms. The van der Waals surface area contributed by atoms with E-state index < -0.39 is 88.4 Å². The quantitative estimate of drug-likeness (QED) is 0.377. The van der Waals surface area contributed by atoms with Crippen molar-refractivity contribution in [2.45, 2.75) is 76.5 Å². The molecule has 1 aromatic rings. The minimum atomic E-state index is -2.35. The molecule has 0 spiro atoms. The Bertz CT molecular complexity index is 1260. The molecule has 2 saturated carbocycles. The first-order valence-corrected chi connectivity index (χ1v) is 13.3. The Morgan fingerprint density at radius 3 is 2.31 bits per heavy atom. The number of phenolic OH excluding ortho intramolecular Hbond substituents is 1. The number of primary amides is 1. The van der Waals surface area contributed by atoms with Crippen LogP contribution >= 0.6 is 0 Å². The molecule has 2 fully saturated rings. The van der Waals surface area contributed by atoms with Gasteiger partial charge in [0.2, 0.25) is 5.91 Å². The number of nitrogens with zero attached hydrogens (tertiary/aromatic N) is 1. The highest BCUT2D eigenvalue weighted by Gasteiger charge is 2.70. The lowest BCUT2D eigenvalue weighted by atomic mass is 9.49. The molecule has 3 aliphatic carbocycles. The van der Waals surface area contributed by atoms with Crippen molar-refractivity contribution in [1.82, 2.24) is 4.90 Å². The average Bonchev–Trinajstić information content (AvgIpc) is 2.83. The molecule has 4 rings (SSSR count). The number of carbonyl (C=O) groups is 5. The van der Waals surface area contributed by atoms with Crippen molar-refractivity contribution in [1.29, 1.82) is 0 Å². The number of benzene rings is 1. The number of aliphatic hydroxyl groups is 1. The smallest absolute Gasteiger partial charge is 0.305 e. The zero-order valence-corrected chi connectivity index (χ0v) is 23.5. The van der Waals surface area contributed by atoms with Gasteiger partial charge in [-0.2, -0.15) is 0 Å². The van der Waals surface area contributed by atoms with Gasteiger partial charge in [0.15, 0.2) is 17.3 Å². The molecule has 10 nitrogen and oxygen atoms in total. The fourth-order valence-electron chi connectivity index (χ4n) is 7.07. The summed E-state index contributed by atoms with van der Waals surface area (Å²) in [5.74, 6) is -9.57. The van der Waals surface area contributed by atoms with E-state index in [0.717, 1.165) is 0 Å². The number of amides is 1. The van der Waals surface area contributed by atoms with Crippen molar-refractivity contribution in [3.63, 3.8) is 0 Å². The number of phenols is 1. The Morgan fingerprint density at radius 1 is 1.18 bits per heavy atom. The number of carbonyl (C=O) groups excluding carboxylic acids is 5. The van der Waals surface area contributed by atoms with E-state index in [2.05, 4.69) is 0 Å². The molecule has 10 heteroatoms. The molecule has 0 saturated heterocycles. The summed E-state index contributed by atoms with van der Waals surface area (Å²) in [6.45, 7) is 9.04. The van der Waals surface area contributed by atoms with Crippen LogP contribution in [-0.4, -0.2) is 76.2 Å². The number of Topliss-reactive ketones (excluding diaryl/α,β-unsaturated/α-hetero) is 3. The van der Waals surface area contributed by atoms with Crippen LogP contribution in [0.2, 0.25) is 0 Å². The highest BCUT2D eigenvalue weighted by Crippen LogP contribution is 2.56. The van der Waals surface area contributed by atoms with Crippen molar-refractivity contribution in [2.75, 3.05) is 14.1 Å². The van der Waals surface area contributed by atoms with Crippen molar-refractivity contribution >= 4 is 29.2 Å². The fraction of sp³-hybridized carbons (Fsp3) is 0.621. The molecule has 0 aromatic heterocycles. The van der Waals surface area contributed by atoms with Gasteiger partial charge < -0.3 is 20.7 Å². The Hall–Kier alpha value is -3.11. The van der Waals surface area contributed by atoms with E-state index in [9.17, 15) is 34.2 Å². The Labute approximate surface area is 227 Å². The summed E-state index contributed by atoms with van der Waals surface area (Å²) < 4.78 is 5.90. The topological polar surface area (TPSA) is 164 Å². The van der Waals surface area contributed by atoms with Crippen LogP contribution in [-0.2, 0) is 29.3 Å². The Morgan fingerprint density at radius 2 is 1.79 bits per heavy atom. The third kappa shape index (κ3) is 4.19. The van der Waals surface area contributed by atoms with Crippen LogP contribution in [0.5, 0.6) is 5.75 Å². The predicted molar refractivity (Wildman–Crippen MR) is 140 cm³/mol. The van der Waals surface area contributed by atoms with E-state index in [1.54, 1.807) is 40.1 Å². The summed E-state index contributed by atoms with van der Waals surface area (Å²) in [7, 11) is 3.14. The predicted octanol–water partition coefficient (Wildman–Crippen LogP) is 1.48. The average molecular weight is 543 g/mol. The molecule has 1 amide bonds. The first-order valence-electron chi connectivity index (χ1n) is 13.3. The summed E-state index contributed by atoms with van der Waals surface area (Å²) in [5, 5.41) is 23.3. The van der Waals surface area contributed by atoms with Gasteiger partial charge in [-0.3, -0.25) is 28.9 Å². The monoisotopic (exact) mass is 542 g/mol. The molecule has 212 valence electrons. The van der Waals surface area contributed by atoms with Gasteiger partial charge >= 0.3 is 5.97 Å². The van der Waals surface area contributed by atoms with Gasteiger partial charge in [-0.1, -0.05) is 46.8 Å². The third-order valence-electron chi connectivity index (χ3n) is 8.94. The van der Waals surface area contributed by atoms with E-state index in [-0.39, 0.29) is 17.7 Å². The molecule has 39 heavy (non-hydrogen) atoms. The second-order valence-corrected chi connectivity index (χ2v) is 12.5. The highest BCUT2D eigenvalue weighted by atomic mass is 16.5. The van der Waals surface area contributed by atoms with E-state index in [1.165, 1.54) is 4.90 Å². The van der Waals surface area contributed by atoms with Crippen LogP contribution in [0.3, 0.4) is 0 Å². The largest absolute Gasteiger partial charge is 0.507 e. The maximum Gasteiger partial charge on any atom is 0.305 e. The van der Waals surface area contributed by atoms with Crippen molar-refractivity contribution < 1.29 is 38.9 Å². The maximum atomic E-state index is 14.2. The minimum absolute atomic E-state index is 0.00782. The fourth-order valence-corrected chi connectivity index (χ4v) is 7.07. The normalized spacial score (nSPS) is 34.3. The second kappa shape index (κ2) is 9.52. The Kier molecular flexibility index (Phi) is 7.05. The zero-order chi connectivity index (χ0) is 29.4. The number of aromatic hydroxyl groups is 1. The second-order valence-electron chi connectivity index (χ2n) is 12.5. The number of hydrogen-bond donors (Lipinski definition) is 3. The molecule has 0 radical (unpaired) electrons. The molecule has 8 unspecified atom stereocenters. The molecule has 0 heterocycles. The van der Waals surface area contributed by atoms with E-state index >= 15 is 0 Å². The number of nitrogens with two attached hydrogens (primary N) is 1. The molecule has 8 atom stereocenters. The lowest BCUT2D eigenvalue weighted by Gasteiger charge is -2.57. The number of ketones is 3. The van der Waals surface area contributed by atoms with Crippen LogP contribution in [0.25, 0.3) is 0 Å². The van der Waals surface area contributed by atoms with E-state index in [4.69, 9.17) is 10.5 Å². The number of likely N-dealkylation sites (N-methyl/N-ethyl adjacent to an activating group) is 1. The van der Waals surface area contributed by atoms with Gasteiger partial charge in [0.1, 0.15) is 23.4 Å². The van der Waals surface area contributed by atoms with Crippen LogP contribution in [0, 0.1) is 23.7 Å². The molecule has 4 N–H and O–H groups in total. The summed E-state index contributed by atoms with van der Waals surface area (Å²) in [6, 6.07) is 2.31. The van der Waals surface area contributed by atoms with Gasteiger partial charge in [-0.25, -0.2) is 0 Å². The molecule has 1 aromatic carbocycles. The third-order valence-corrected chi connectivity index (χ3v) is 8.94. The van der Waals surface area contributed by atoms with E-state index in [1.807, 2.05) is 20.8 Å². The molecular formula is C29H38N2O8. The highest BCUT2D eigenvalue weighted by molar-refractivity contribution is 6.18.